The molecule has 0 bridgehead atoms. The summed E-state index contributed by atoms with van der Waals surface area (Å²) in [6, 6.07) is 0. The van der Waals surface area contributed by atoms with E-state index in [4.69, 9.17) is 0 Å². The highest BCUT2D eigenvalue weighted by Crippen LogP contribution is 2.01. The Balaban J connectivity index is 3.04. The van der Waals surface area contributed by atoms with E-state index >= 15 is 0 Å². The van der Waals surface area contributed by atoms with Crippen LogP contribution in [0.2, 0.25) is 0 Å². The first kappa shape index (κ1) is 12.7. The molecule has 0 N–H and O–H groups in total. The van der Waals surface area contributed by atoms with Crippen molar-refractivity contribution >= 4 is 23.5 Å². The molecular formula is C9H21NS2. The van der Waals surface area contributed by atoms with Crippen LogP contribution in [0.25, 0.3) is 0 Å². The summed E-state index contributed by atoms with van der Waals surface area (Å²) in [5.74, 6) is 5.06. The summed E-state index contributed by atoms with van der Waals surface area (Å²) in [6.45, 7) is 6.92. The van der Waals surface area contributed by atoms with Crippen LogP contribution < -0.4 is 0 Å². The molecule has 0 heterocycles. The monoisotopic (exact) mass is 207 g/mol. The lowest BCUT2D eigenvalue weighted by Crippen LogP contribution is -2.23. The quantitative estimate of drug-likeness (QED) is 0.563. The van der Waals surface area contributed by atoms with Gasteiger partial charge in [0.15, 0.2) is 0 Å². The number of thioether (sulfide) groups is 2. The third-order valence-electron chi connectivity index (χ3n) is 1.64. The van der Waals surface area contributed by atoms with Gasteiger partial charge in [0.05, 0.1) is 0 Å². The van der Waals surface area contributed by atoms with Crippen LogP contribution in [0.4, 0.5) is 0 Å². The van der Waals surface area contributed by atoms with Crippen LogP contribution in [0, 0.1) is 0 Å². The summed E-state index contributed by atoms with van der Waals surface area (Å²) in [6.07, 6.45) is 0. The van der Waals surface area contributed by atoms with E-state index < -0.39 is 0 Å². The minimum atomic E-state index is 1.24. The minimum absolute atomic E-state index is 1.24. The maximum absolute atomic E-state index is 2.42. The first-order chi connectivity index (χ1) is 5.81. The molecule has 0 aliphatic heterocycles. The van der Waals surface area contributed by atoms with Crippen LogP contribution in [0.15, 0.2) is 0 Å². The molecule has 0 aromatic carbocycles. The van der Waals surface area contributed by atoms with Crippen molar-refractivity contribution in [2.45, 2.75) is 13.8 Å². The first-order valence-electron chi connectivity index (χ1n) is 4.65. The molecule has 0 rings (SSSR count). The van der Waals surface area contributed by atoms with Gasteiger partial charge >= 0.3 is 0 Å². The number of hydrogen-bond acceptors (Lipinski definition) is 3. The molecule has 0 atom stereocenters. The van der Waals surface area contributed by atoms with Gasteiger partial charge in [-0.3, -0.25) is 0 Å². The molecule has 74 valence electrons. The van der Waals surface area contributed by atoms with Crippen LogP contribution in [-0.4, -0.2) is 48.0 Å². The molecule has 0 amide bonds. The molecule has 0 aliphatic rings. The SMILES string of the molecule is CCSCCN(C)CCSCC. The summed E-state index contributed by atoms with van der Waals surface area (Å²) >= 11 is 4.05. The summed E-state index contributed by atoms with van der Waals surface area (Å²) in [5.41, 5.74) is 0. The number of hydrogen-bond donors (Lipinski definition) is 0. The second-order valence-electron chi connectivity index (χ2n) is 2.70. The fraction of sp³-hybridized carbons (Fsp3) is 1.00. The summed E-state index contributed by atoms with van der Waals surface area (Å²) in [4.78, 5) is 2.42. The lowest BCUT2D eigenvalue weighted by Gasteiger charge is -2.15. The van der Waals surface area contributed by atoms with Gasteiger partial charge in [0.2, 0.25) is 0 Å². The van der Waals surface area contributed by atoms with E-state index in [0.29, 0.717) is 0 Å². The van der Waals surface area contributed by atoms with Gasteiger partial charge in [-0.1, -0.05) is 13.8 Å². The third kappa shape index (κ3) is 8.75. The Kier molecular flexibility index (Phi) is 10.3. The normalized spacial score (nSPS) is 11.0. The average Bonchev–Trinajstić information content (AvgIpc) is 2.06. The Labute approximate surface area is 85.7 Å². The van der Waals surface area contributed by atoms with Crippen molar-refractivity contribution in [2.24, 2.45) is 0 Å². The number of rotatable bonds is 8. The zero-order valence-electron chi connectivity index (χ0n) is 8.51. The molecule has 3 heteroatoms. The standard InChI is InChI=1S/C9H21NS2/c1-4-11-8-6-10(3)7-9-12-5-2/h4-9H2,1-3H3. The van der Waals surface area contributed by atoms with Crippen molar-refractivity contribution in [2.75, 3.05) is 43.1 Å². The fourth-order valence-electron chi connectivity index (χ4n) is 0.841. The molecule has 12 heavy (non-hydrogen) atoms. The van der Waals surface area contributed by atoms with Gasteiger partial charge in [0.1, 0.15) is 0 Å². The Hall–Kier alpha value is 0.660. The molecule has 0 aromatic rings. The van der Waals surface area contributed by atoms with Crippen molar-refractivity contribution in [3.8, 4) is 0 Å². The van der Waals surface area contributed by atoms with Crippen molar-refractivity contribution < 1.29 is 0 Å². The lowest BCUT2D eigenvalue weighted by molar-refractivity contribution is 0.380. The van der Waals surface area contributed by atoms with Gasteiger partial charge in [-0.15, -0.1) is 0 Å². The maximum Gasteiger partial charge on any atom is 0.00696 e. The molecule has 0 fully saturated rings. The fourth-order valence-corrected chi connectivity index (χ4v) is 2.30. The highest BCUT2D eigenvalue weighted by atomic mass is 32.2. The molecule has 0 radical (unpaired) electrons. The van der Waals surface area contributed by atoms with E-state index in [1.807, 2.05) is 23.5 Å². The van der Waals surface area contributed by atoms with E-state index in [-0.39, 0.29) is 0 Å². The Morgan fingerprint density at radius 2 is 1.33 bits per heavy atom. The smallest absolute Gasteiger partial charge is 0.00696 e. The second kappa shape index (κ2) is 9.75. The molecule has 0 aromatic heterocycles. The van der Waals surface area contributed by atoms with Gasteiger partial charge in [0, 0.05) is 24.6 Å². The van der Waals surface area contributed by atoms with E-state index in [1.165, 1.54) is 36.1 Å². The molecular weight excluding hydrogens is 186 g/mol. The van der Waals surface area contributed by atoms with Gasteiger partial charge in [-0.2, -0.15) is 23.5 Å². The minimum Gasteiger partial charge on any atom is -0.305 e. The Morgan fingerprint density at radius 1 is 0.917 bits per heavy atom. The largest absolute Gasteiger partial charge is 0.305 e. The second-order valence-corrected chi connectivity index (χ2v) is 5.48. The summed E-state index contributed by atoms with van der Waals surface area (Å²) in [5, 5.41) is 0. The van der Waals surface area contributed by atoms with E-state index in [2.05, 4.69) is 25.8 Å². The molecule has 0 saturated carbocycles. The maximum atomic E-state index is 2.42. The van der Waals surface area contributed by atoms with E-state index in [9.17, 15) is 0 Å². The van der Waals surface area contributed by atoms with Gasteiger partial charge in [-0.25, -0.2) is 0 Å². The van der Waals surface area contributed by atoms with Crippen LogP contribution in [-0.2, 0) is 0 Å². The van der Waals surface area contributed by atoms with Crippen LogP contribution in [0.5, 0.6) is 0 Å². The van der Waals surface area contributed by atoms with E-state index in [1.54, 1.807) is 0 Å². The van der Waals surface area contributed by atoms with E-state index in [0.717, 1.165) is 0 Å². The zero-order chi connectivity index (χ0) is 9.23. The van der Waals surface area contributed by atoms with Crippen molar-refractivity contribution in [1.29, 1.82) is 0 Å². The number of nitrogens with zero attached hydrogens (tertiary/aromatic N) is 1. The van der Waals surface area contributed by atoms with Gasteiger partial charge in [-0.05, 0) is 18.6 Å². The van der Waals surface area contributed by atoms with Gasteiger partial charge < -0.3 is 4.90 Å². The van der Waals surface area contributed by atoms with Crippen LogP contribution in [0.3, 0.4) is 0 Å². The Morgan fingerprint density at radius 3 is 1.67 bits per heavy atom. The lowest BCUT2D eigenvalue weighted by atomic mass is 10.6. The highest BCUT2D eigenvalue weighted by molar-refractivity contribution is 7.99. The predicted molar refractivity (Wildman–Crippen MR) is 63.5 cm³/mol. The Bertz CT molecular complexity index is 78.6. The topological polar surface area (TPSA) is 3.24 Å². The van der Waals surface area contributed by atoms with Crippen LogP contribution in [0.1, 0.15) is 13.8 Å². The summed E-state index contributed by atoms with van der Waals surface area (Å²) in [7, 11) is 2.21. The predicted octanol–water partition coefficient (Wildman–Crippen LogP) is 2.42. The third-order valence-corrected chi connectivity index (χ3v) is 3.40. The van der Waals surface area contributed by atoms with Crippen molar-refractivity contribution in [1.82, 2.24) is 4.90 Å². The van der Waals surface area contributed by atoms with Crippen molar-refractivity contribution in [3.63, 3.8) is 0 Å². The molecule has 0 saturated heterocycles. The molecule has 0 spiro atoms. The van der Waals surface area contributed by atoms with Gasteiger partial charge in [0.25, 0.3) is 0 Å². The average molecular weight is 207 g/mol. The molecule has 0 unspecified atom stereocenters. The van der Waals surface area contributed by atoms with Crippen molar-refractivity contribution in [3.05, 3.63) is 0 Å². The summed E-state index contributed by atoms with van der Waals surface area (Å²) < 4.78 is 0. The van der Waals surface area contributed by atoms with Crippen LogP contribution >= 0.6 is 23.5 Å². The zero-order valence-corrected chi connectivity index (χ0v) is 10.1. The molecule has 0 aliphatic carbocycles. The molecule has 1 nitrogen and oxygen atoms in total. The highest BCUT2D eigenvalue weighted by Gasteiger charge is 1.96. The first-order valence-corrected chi connectivity index (χ1v) is 6.96.